The summed E-state index contributed by atoms with van der Waals surface area (Å²) in [4.78, 5) is 13.5. The molecule has 0 aliphatic carbocycles. The second kappa shape index (κ2) is 2.62. The Kier molecular flexibility index (Phi) is 1.91. The minimum atomic E-state index is -4.60. The first-order valence-electron chi connectivity index (χ1n) is 2.95. The Morgan fingerprint density at radius 3 is 2.50 bits per heavy atom. The average Bonchev–Trinajstić information content (AvgIpc) is 1.82. The van der Waals surface area contributed by atoms with E-state index in [0.717, 1.165) is 0 Å². The first-order valence-corrected chi connectivity index (χ1v) is 2.95. The summed E-state index contributed by atoms with van der Waals surface area (Å²) in [7, 11) is 0. The topological polar surface area (TPSA) is 43.1 Å². The molecule has 0 N–H and O–H groups in total. The third-order valence-corrected chi connectivity index (χ3v) is 1.07. The molecule has 0 fully saturated rings. The zero-order chi connectivity index (χ0) is 9.35. The van der Waals surface area contributed by atoms with Crippen molar-refractivity contribution in [3.63, 3.8) is 0 Å². The third-order valence-electron chi connectivity index (χ3n) is 1.07. The predicted molar refractivity (Wildman–Crippen MR) is 32.5 cm³/mol. The molecule has 0 unspecified atom stereocenters. The molecule has 0 aliphatic rings. The van der Waals surface area contributed by atoms with Gasteiger partial charge in [-0.2, -0.15) is 13.2 Å². The van der Waals surface area contributed by atoms with Crippen LogP contribution in [-0.4, -0.2) is 4.98 Å². The number of hydrogen-bond donors (Lipinski definition) is 0. The lowest BCUT2D eigenvalue weighted by Crippen LogP contribution is -2.13. The highest BCUT2D eigenvalue weighted by molar-refractivity contribution is 5.03. The van der Waals surface area contributed by atoms with E-state index in [0.29, 0.717) is 6.07 Å². The van der Waals surface area contributed by atoms with Crippen LogP contribution in [0.2, 0.25) is 0 Å². The molecule has 1 aromatic heterocycles. The lowest BCUT2D eigenvalue weighted by Gasteiger charge is -2.03. The van der Waals surface area contributed by atoms with Gasteiger partial charge in [0.15, 0.2) is 11.6 Å². The summed E-state index contributed by atoms with van der Waals surface area (Å²) in [5.41, 5.74) is -2.27. The van der Waals surface area contributed by atoms with Crippen LogP contribution in [0.4, 0.5) is 13.2 Å². The number of nitrogens with zero attached hydrogens (tertiary/aromatic N) is 1. The summed E-state index contributed by atoms with van der Waals surface area (Å²) in [6.07, 6.45) is -4.60. The average molecular weight is 179 g/mol. The van der Waals surface area contributed by atoms with Gasteiger partial charge in [0, 0.05) is 6.92 Å². The molecular formula is C6H4F3NO2. The van der Waals surface area contributed by atoms with Gasteiger partial charge in [-0.1, -0.05) is 0 Å². The van der Waals surface area contributed by atoms with Gasteiger partial charge in [0.05, 0.1) is 6.07 Å². The second-order valence-corrected chi connectivity index (χ2v) is 2.08. The summed E-state index contributed by atoms with van der Waals surface area (Å²) in [5.74, 6) is -0.296. The summed E-state index contributed by atoms with van der Waals surface area (Å²) >= 11 is 0. The molecule has 0 saturated heterocycles. The maximum absolute atomic E-state index is 11.9. The molecule has 0 atom stereocenters. The lowest BCUT2D eigenvalue weighted by molar-refractivity contribution is -0.141. The van der Waals surface area contributed by atoms with Gasteiger partial charge in [0.25, 0.3) is 0 Å². The van der Waals surface area contributed by atoms with Crippen LogP contribution in [0.3, 0.4) is 0 Å². The van der Waals surface area contributed by atoms with E-state index in [2.05, 4.69) is 9.40 Å². The Morgan fingerprint density at radius 2 is 2.08 bits per heavy atom. The summed E-state index contributed by atoms with van der Waals surface area (Å²) < 4.78 is 40.0. The van der Waals surface area contributed by atoms with E-state index in [9.17, 15) is 18.0 Å². The fraction of sp³-hybridized carbons (Fsp3) is 0.333. The van der Waals surface area contributed by atoms with Gasteiger partial charge < -0.3 is 4.42 Å². The highest BCUT2D eigenvalue weighted by Gasteiger charge is 2.33. The van der Waals surface area contributed by atoms with Crippen molar-refractivity contribution in [2.45, 2.75) is 13.1 Å². The smallest absolute Gasteiger partial charge is 0.409 e. The number of halogens is 3. The van der Waals surface area contributed by atoms with Crippen molar-refractivity contribution in [1.29, 1.82) is 0 Å². The molecule has 0 aliphatic heterocycles. The number of rotatable bonds is 0. The van der Waals surface area contributed by atoms with Crippen molar-refractivity contribution in [3.05, 3.63) is 28.1 Å². The van der Waals surface area contributed by atoms with Gasteiger partial charge in [-0.25, -0.2) is 9.78 Å². The monoisotopic (exact) mass is 179 g/mol. The largest absolute Gasteiger partial charge is 0.433 e. The van der Waals surface area contributed by atoms with E-state index in [1.54, 1.807) is 0 Å². The van der Waals surface area contributed by atoms with E-state index in [1.165, 1.54) is 6.92 Å². The Balaban J connectivity index is 3.27. The minimum absolute atomic E-state index is 0.296. The Labute approximate surface area is 64.8 Å². The van der Waals surface area contributed by atoms with Crippen molar-refractivity contribution in [2.24, 2.45) is 0 Å². The van der Waals surface area contributed by atoms with Crippen LogP contribution in [0, 0.1) is 6.92 Å². The van der Waals surface area contributed by atoms with E-state index < -0.39 is 17.5 Å². The maximum atomic E-state index is 11.9. The SMILES string of the molecule is Cc1nc(C(F)(F)F)cc(=O)o1. The van der Waals surface area contributed by atoms with Crippen LogP contribution in [0.5, 0.6) is 0 Å². The molecule has 3 nitrogen and oxygen atoms in total. The van der Waals surface area contributed by atoms with Gasteiger partial charge in [-0.3, -0.25) is 0 Å². The minimum Gasteiger partial charge on any atom is -0.409 e. The maximum Gasteiger partial charge on any atom is 0.433 e. The summed E-state index contributed by atoms with van der Waals surface area (Å²) in [5, 5.41) is 0. The van der Waals surface area contributed by atoms with Crippen LogP contribution in [0.15, 0.2) is 15.3 Å². The molecule has 0 bridgehead atoms. The van der Waals surface area contributed by atoms with Gasteiger partial charge in [-0.15, -0.1) is 0 Å². The van der Waals surface area contributed by atoms with Crippen molar-refractivity contribution < 1.29 is 17.6 Å². The molecule has 66 valence electrons. The molecule has 0 aromatic carbocycles. The lowest BCUT2D eigenvalue weighted by atomic mass is 10.4. The molecule has 6 heteroatoms. The fourth-order valence-corrected chi connectivity index (χ4v) is 0.657. The number of aryl methyl sites for hydroxylation is 1. The molecule has 1 aromatic rings. The molecule has 12 heavy (non-hydrogen) atoms. The zero-order valence-corrected chi connectivity index (χ0v) is 5.97. The van der Waals surface area contributed by atoms with E-state index in [-0.39, 0.29) is 5.89 Å². The number of hydrogen-bond acceptors (Lipinski definition) is 3. The first kappa shape index (κ1) is 8.76. The van der Waals surface area contributed by atoms with Crippen LogP contribution in [0.1, 0.15) is 11.6 Å². The quantitative estimate of drug-likeness (QED) is 0.603. The normalized spacial score (nSPS) is 11.7. The van der Waals surface area contributed by atoms with Crippen LogP contribution >= 0.6 is 0 Å². The van der Waals surface area contributed by atoms with Crippen molar-refractivity contribution in [1.82, 2.24) is 4.98 Å². The molecular weight excluding hydrogens is 175 g/mol. The van der Waals surface area contributed by atoms with Crippen LogP contribution < -0.4 is 5.63 Å². The van der Waals surface area contributed by atoms with Gasteiger partial charge in [0.1, 0.15) is 0 Å². The van der Waals surface area contributed by atoms with Gasteiger partial charge in [0.2, 0.25) is 0 Å². The second-order valence-electron chi connectivity index (χ2n) is 2.08. The highest BCUT2D eigenvalue weighted by Crippen LogP contribution is 2.26. The number of alkyl halides is 3. The summed E-state index contributed by atoms with van der Waals surface area (Å²) in [6, 6.07) is 0.312. The fourth-order valence-electron chi connectivity index (χ4n) is 0.657. The Morgan fingerprint density at radius 1 is 1.50 bits per heavy atom. The van der Waals surface area contributed by atoms with Crippen LogP contribution in [-0.2, 0) is 6.18 Å². The Hall–Kier alpha value is -1.33. The molecule has 0 amide bonds. The highest BCUT2D eigenvalue weighted by atomic mass is 19.4. The van der Waals surface area contributed by atoms with Crippen molar-refractivity contribution >= 4 is 0 Å². The molecule has 0 radical (unpaired) electrons. The van der Waals surface area contributed by atoms with Crippen molar-refractivity contribution in [2.75, 3.05) is 0 Å². The molecule has 0 spiro atoms. The van der Waals surface area contributed by atoms with E-state index in [4.69, 9.17) is 0 Å². The van der Waals surface area contributed by atoms with Crippen LogP contribution in [0.25, 0.3) is 0 Å². The van der Waals surface area contributed by atoms with E-state index >= 15 is 0 Å². The molecule has 1 rings (SSSR count). The van der Waals surface area contributed by atoms with Gasteiger partial charge >= 0.3 is 11.8 Å². The first-order chi connectivity index (χ1) is 5.39. The predicted octanol–water partition coefficient (Wildman–Crippen LogP) is 1.36. The standard InChI is InChI=1S/C6H4F3NO2/c1-3-10-4(6(7,8)9)2-5(11)12-3/h2H,1H3. The number of aromatic nitrogens is 1. The zero-order valence-electron chi connectivity index (χ0n) is 5.97. The summed E-state index contributed by atoms with van der Waals surface area (Å²) in [6.45, 7) is 1.18. The Bertz CT molecular complexity index is 341. The third kappa shape index (κ3) is 1.84. The van der Waals surface area contributed by atoms with Crippen molar-refractivity contribution in [3.8, 4) is 0 Å². The molecule has 0 saturated carbocycles. The van der Waals surface area contributed by atoms with E-state index in [1.807, 2.05) is 0 Å². The molecule has 1 heterocycles. The van der Waals surface area contributed by atoms with Gasteiger partial charge in [-0.05, 0) is 0 Å².